The molecular formula is C18H14O. The van der Waals surface area contributed by atoms with Gasteiger partial charge in [0, 0.05) is 17.6 Å². The summed E-state index contributed by atoms with van der Waals surface area (Å²) in [5, 5.41) is 0. The lowest BCUT2D eigenvalue weighted by atomic mass is 9.98. The van der Waals surface area contributed by atoms with Gasteiger partial charge in [-0.25, -0.2) is 0 Å². The smallest absolute Gasteiger partial charge is 0.189 e. The fourth-order valence-electron chi connectivity index (χ4n) is 2.31. The summed E-state index contributed by atoms with van der Waals surface area (Å²) in [4.78, 5) is 12.3. The Labute approximate surface area is 112 Å². The Kier molecular flexibility index (Phi) is 3.11. The van der Waals surface area contributed by atoms with E-state index in [-0.39, 0.29) is 5.78 Å². The second kappa shape index (κ2) is 5.07. The monoisotopic (exact) mass is 246 g/mol. The molecule has 0 aliphatic heterocycles. The largest absolute Gasteiger partial charge is 0.289 e. The van der Waals surface area contributed by atoms with Crippen LogP contribution in [0.4, 0.5) is 0 Å². The molecule has 0 atom stereocenters. The van der Waals surface area contributed by atoms with Gasteiger partial charge in [0.05, 0.1) is 0 Å². The minimum atomic E-state index is 0.128. The van der Waals surface area contributed by atoms with Crippen LogP contribution < -0.4 is 0 Å². The Morgan fingerprint density at radius 1 is 0.789 bits per heavy atom. The molecule has 0 saturated carbocycles. The lowest BCUT2D eigenvalue weighted by Crippen LogP contribution is -2.01. The third-order valence-corrected chi connectivity index (χ3v) is 3.34. The van der Waals surface area contributed by atoms with Gasteiger partial charge in [-0.3, -0.25) is 4.79 Å². The molecule has 2 aromatic rings. The third kappa shape index (κ3) is 2.41. The first-order valence-corrected chi connectivity index (χ1v) is 6.39. The molecule has 1 aliphatic carbocycles. The van der Waals surface area contributed by atoms with Gasteiger partial charge in [-0.1, -0.05) is 72.8 Å². The van der Waals surface area contributed by atoms with Crippen LogP contribution in [-0.2, 0) is 0 Å². The van der Waals surface area contributed by atoms with E-state index in [2.05, 4.69) is 12.1 Å². The van der Waals surface area contributed by atoms with E-state index in [9.17, 15) is 4.79 Å². The van der Waals surface area contributed by atoms with Crippen molar-refractivity contribution < 1.29 is 4.79 Å². The predicted molar refractivity (Wildman–Crippen MR) is 77.9 cm³/mol. The minimum absolute atomic E-state index is 0.128. The highest BCUT2D eigenvalue weighted by atomic mass is 16.1. The summed E-state index contributed by atoms with van der Waals surface area (Å²) in [6.45, 7) is 0. The maximum atomic E-state index is 12.3. The van der Waals surface area contributed by atoms with Crippen molar-refractivity contribution in [1.29, 1.82) is 0 Å². The molecule has 19 heavy (non-hydrogen) atoms. The number of rotatable bonds is 3. The predicted octanol–water partition coefficient (Wildman–Crippen LogP) is 4.28. The molecular weight excluding hydrogens is 232 g/mol. The molecule has 0 heterocycles. The summed E-state index contributed by atoms with van der Waals surface area (Å²) in [6.07, 6.45) is 4.71. The maximum absolute atomic E-state index is 12.3. The highest BCUT2D eigenvalue weighted by Gasteiger charge is 2.17. The third-order valence-electron chi connectivity index (χ3n) is 3.34. The first-order valence-electron chi connectivity index (χ1n) is 6.39. The van der Waals surface area contributed by atoms with Crippen LogP contribution in [0.3, 0.4) is 0 Å². The van der Waals surface area contributed by atoms with Gasteiger partial charge in [-0.05, 0) is 11.1 Å². The van der Waals surface area contributed by atoms with Crippen molar-refractivity contribution in [1.82, 2.24) is 0 Å². The normalized spacial score (nSPS) is 13.9. The van der Waals surface area contributed by atoms with E-state index in [1.807, 2.05) is 60.7 Å². The highest BCUT2D eigenvalue weighted by Crippen LogP contribution is 2.29. The summed E-state index contributed by atoms with van der Waals surface area (Å²) in [7, 11) is 0. The van der Waals surface area contributed by atoms with E-state index in [1.54, 1.807) is 0 Å². The Hall–Kier alpha value is -2.41. The number of carbonyl (C=O) groups excluding carboxylic acids is 1. The van der Waals surface area contributed by atoms with E-state index >= 15 is 0 Å². The van der Waals surface area contributed by atoms with Gasteiger partial charge in [-0.15, -0.1) is 0 Å². The first kappa shape index (κ1) is 11.7. The van der Waals surface area contributed by atoms with Crippen molar-refractivity contribution in [3.05, 3.63) is 89.5 Å². The summed E-state index contributed by atoms with van der Waals surface area (Å²) in [5.74, 6) is 0.128. The molecule has 0 unspecified atom stereocenters. The van der Waals surface area contributed by atoms with Gasteiger partial charge >= 0.3 is 0 Å². The van der Waals surface area contributed by atoms with E-state index in [1.165, 1.54) is 11.1 Å². The molecule has 0 aromatic heterocycles. The van der Waals surface area contributed by atoms with Gasteiger partial charge in [0.15, 0.2) is 5.78 Å². The molecule has 0 spiro atoms. The Balaban J connectivity index is 1.77. The number of hydrogen-bond acceptors (Lipinski definition) is 1. The van der Waals surface area contributed by atoms with E-state index in [0.717, 1.165) is 17.6 Å². The van der Waals surface area contributed by atoms with Gasteiger partial charge in [0.2, 0.25) is 0 Å². The van der Waals surface area contributed by atoms with Crippen LogP contribution in [-0.4, -0.2) is 5.78 Å². The number of ketones is 1. The molecule has 92 valence electrons. The molecule has 1 nitrogen and oxygen atoms in total. The maximum Gasteiger partial charge on any atom is 0.189 e. The van der Waals surface area contributed by atoms with Gasteiger partial charge in [0.25, 0.3) is 0 Å². The van der Waals surface area contributed by atoms with Gasteiger partial charge in [0.1, 0.15) is 0 Å². The molecule has 3 rings (SSSR count). The second-order valence-electron chi connectivity index (χ2n) is 4.62. The second-order valence-corrected chi connectivity index (χ2v) is 4.62. The average molecular weight is 246 g/mol. The lowest BCUT2D eigenvalue weighted by Gasteiger charge is -2.05. The molecule has 2 aromatic carbocycles. The fraction of sp³-hybridized carbons (Fsp3) is 0.0556. The van der Waals surface area contributed by atoms with Crippen molar-refractivity contribution in [2.45, 2.75) is 6.42 Å². The van der Waals surface area contributed by atoms with Crippen LogP contribution in [0.1, 0.15) is 22.3 Å². The number of hydrogen-bond donors (Lipinski definition) is 0. The van der Waals surface area contributed by atoms with Gasteiger partial charge in [-0.2, -0.15) is 0 Å². The topological polar surface area (TPSA) is 17.1 Å². The summed E-state index contributed by atoms with van der Waals surface area (Å²) >= 11 is 0. The van der Waals surface area contributed by atoms with Crippen LogP contribution in [0.25, 0.3) is 5.57 Å². The van der Waals surface area contributed by atoms with Crippen LogP contribution in [0.2, 0.25) is 0 Å². The highest BCUT2D eigenvalue weighted by molar-refractivity contribution is 6.11. The quantitative estimate of drug-likeness (QED) is 0.739. The van der Waals surface area contributed by atoms with Crippen molar-refractivity contribution >= 4 is 11.4 Å². The van der Waals surface area contributed by atoms with Crippen LogP contribution in [0, 0.1) is 0 Å². The summed E-state index contributed by atoms with van der Waals surface area (Å²) < 4.78 is 0. The molecule has 1 heteroatoms. The van der Waals surface area contributed by atoms with E-state index in [0.29, 0.717) is 0 Å². The van der Waals surface area contributed by atoms with Gasteiger partial charge < -0.3 is 0 Å². The summed E-state index contributed by atoms with van der Waals surface area (Å²) in [5.41, 5.74) is 4.02. The summed E-state index contributed by atoms with van der Waals surface area (Å²) in [6, 6.07) is 19.7. The van der Waals surface area contributed by atoms with E-state index < -0.39 is 0 Å². The fourth-order valence-corrected chi connectivity index (χ4v) is 2.31. The number of allylic oxidation sites excluding steroid dienone is 4. The molecule has 0 amide bonds. The van der Waals surface area contributed by atoms with E-state index in [4.69, 9.17) is 0 Å². The van der Waals surface area contributed by atoms with Crippen molar-refractivity contribution in [2.24, 2.45) is 0 Å². The zero-order valence-electron chi connectivity index (χ0n) is 10.5. The molecule has 1 aliphatic rings. The molecule has 0 saturated heterocycles. The number of carbonyl (C=O) groups is 1. The Bertz CT molecular complexity index is 649. The number of benzene rings is 2. The van der Waals surface area contributed by atoms with Crippen LogP contribution in [0.15, 0.2) is 78.4 Å². The Morgan fingerprint density at radius 3 is 2.11 bits per heavy atom. The standard InChI is InChI=1S/C18H14O/c19-18(15-9-5-2-6-10-15)17-12-11-16(13-17)14-7-3-1-4-8-14/h1-12H,13H2. The molecule has 0 bridgehead atoms. The first-order chi connectivity index (χ1) is 9.34. The zero-order valence-corrected chi connectivity index (χ0v) is 10.5. The molecule has 0 radical (unpaired) electrons. The van der Waals surface area contributed by atoms with Crippen molar-refractivity contribution in [3.63, 3.8) is 0 Å². The SMILES string of the molecule is O=C(C1=CC=C(c2ccccc2)C1)c1ccccc1. The molecule has 0 fully saturated rings. The average Bonchev–Trinajstić information content (AvgIpc) is 2.98. The zero-order chi connectivity index (χ0) is 13.1. The Morgan fingerprint density at radius 2 is 1.42 bits per heavy atom. The minimum Gasteiger partial charge on any atom is -0.289 e. The number of Topliss-reactive ketones (excluding diaryl/α,β-unsaturated/α-hetero) is 1. The van der Waals surface area contributed by atoms with Crippen molar-refractivity contribution in [3.8, 4) is 0 Å². The van der Waals surface area contributed by atoms with Crippen molar-refractivity contribution in [2.75, 3.05) is 0 Å². The van der Waals surface area contributed by atoms with Crippen LogP contribution in [0.5, 0.6) is 0 Å². The lowest BCUT2D eigenvalue weighted by molar-refractivity contribution is 0.103. The molecule has 0 N–H and O–H groups in total. The van der Waals surface area contributed by atoms with Crippen LogP contribution >= 0.6 is 0 Å².